The van der Waals surface area contributed by atoms with E-state index in [0.29, 0.717) is 5.02 Å². The van der Waals surface area contributed by atoms with E-state index in [0.717, 1.165) is 5.56 Å². The van der Waals surface area contributed by atoms with Crippen LogP contribution in [0.3, 0.4) is 0 Å². The molecule has 1 aliphatic heterocycles. The molecule has 1 heterocycles. The first kappa shape index (κ1) is 14.0. The second kappa shape index (κ2) is 5.68. The Morgan fingerprint density at radius 2 is 1.89 bits per heavy atom. The van der Waals surface area contributed by atoms with Gasteiger partial charge in [-0.25, -0.2) is 4.84 Å². The van der Waals surface area contributed by atoms with Crippen LogP contribution in [0.5, 0.6) is 0 Å². The molecule has 0 amide bonds. The van der Waals surface area contributed by atoms with Gasteiger partial charge in [0.2, 0.25) is 3.79 Å². The molecule has 2 rings (SSSR count). The van der Waals surface area contributed by atoms with E-state index in [9.17, 15) is 0 Å². The third-order valence-corrected chi connectivity index (χ3v) is 3.02. The molecule has 1 aliphatic rings. The fourth-order valence-electron chi connectivity index (χ4n) is 1.24. The second-order valence-corrected chi connectivity index (χ2v) is 6.31. The van der Waals surface area contributed by atoms with Crippen LogP contribution in [-0.4, -0.2) is 21.3 Å². The van der Waals surface area contributed by atoms with E-state index in [1.165, 1.54) is 11.4 Å². The maximum absolute atomic E-state index is 5.78. The molecule has 0 bridgehead atoms. The second-order valence-electron chi connectivity index (χ2n) is 3.50. The SMILES string of the molecule is Clc1ccc(C=CN2N=CC(C(Cl)(Cl)Cl)O2)cc1. The summed E-state index contributed by atoms with van der Waals surface area (Å²) in [7, 11) is 0. The summed E-state index contributed by atoms with van der Waals surface area (Å²) in [5.74, 6) is 0. The Balaban J connectivity index is 1.96. The summed E-state index contributed by atoms with van der Waals surface area (Å²) in [6.07, 6.45) is 4.15. The molecule has 3 nitrogen and oxygen atoms in total. The van der Waals surface area contributed by atoms with Crippen LogP contribution in [0, 0.1) is 0 Å². The van der Waals surface area contributed by atoms with Crippen molar-refractivity contribution < 1.29 is 4.84 Å². The molecule has 0 aromatic heterocycles. The Morgan fingerprint density at radius 1 is 1.22 bits per heavy atom. The van der Waals surface area contributed by atoms with E-state index < -0.39 is 9.90 Å². The van der Waals surface area contributed by atoms with Gasteiger partial charge in [-0.3, -0.25) is 0 Å². The molecule has 0 N–H and O–H groups in total. The van der Waals surface area contributed by atoms with Gasteiger partial charge in [-0.15, -0.1) is 5.17 Å². The van der Waals surface area contributed by atoms with Gasteiger partial charge in [0.15, 0.2) is 6.10 Å². The van der Waals surface area contributed by atoms with Gasteiger partial charge in [0.25, 0.3) is 0 Å². The van der Waals surface area contributed by atoms with Crippen molar-refractivity contribution in [3.63, 3.8) is 0 Å². The first-order chi connectivity index (χ1) is 8.45. The lowest BCUT2D eigenvalue weighted by Gasteiger charge is -2.17. The average Bonchev–Trinajstić information content (AvgIpc) is 2.77. The Morgan fingerprint density at radius 3 is 2.44 bits per heavy atom. The number of benzene rings is 1. The molecule has 96 valence electrons. The molecule has 1 unspecified atom stereocenters. The Labute approximate surface area is 124 Å². The summed E-state index contributed by atoms with van der Waals surface area (Å²) < 4.78 is -1.54. The number of hydrogen-bond donors (Lipinski definition) is 0. The lowest BCUT2D eigenvalue weighted by molar-refractivity contribution is -0.117. The van der Waals surface area contributed by atoms with Crippen molar-refractivity contribution in [1.29, 1.82) is 0 Å². The van der Waals surface area contributed by atoms with Gasteiger partial charge in [-0.1, -0.05) is 58.5 Å². The summed E-state index contributed by atoms with van der Waals surface area (Å²) in [5.41, 5.74) is 0.954. The molecule has 1 atom stereocenters. The Bertz CT molecular complexity index is 467. The van der Waals surface area contributed by atoms with Crippen LogP contribution < -0.4 is 0 Å². The Hall–Kier alpha value is -0.450. The molecule has 0 fully saturated rings. The fraction of sp³-hybridized carbons (Fsp3) is 0.182. The first-order valence-electron chi connectivity index (χ1n) is 4.96. The average molecular weight is 326 g/mol. The Kier molecular flexibility index (Phi) is 4.41. The number of halogens is 4. The van der Waals surface area contributed by atoms with Gasteiger partial charge in [0.05, 0.1) is 12.4 Å². The van der Waals surface area contributed by atoms with Crippen molar-refractivity contribution in [2.75, 3.05) is 0 Å². The minimum absolute atomic E-state index is 0.680. The van der Waals surface area contributed by atoms with Gasteiger partial charge in [0, 0.05) is 5.02 Å². The molecular weight excluding hydrogens is 318 g/mol. The maximum atomic E-state index is 5.78. The van der Waals surface area contributed by atoms with E-state index in [2.05, 4.69) is 5.10 Å². The van der Waals surface area contributed by atoms with Crippen molar-refractivity contribution in [3.05, 3.63) is 41.1 Å². The van der Waals surface area contributed by atoms with E-state index in [4.69, 9.17) is 51.2 Å². The monoisotopic (exact) mass is 324 g/mol. The molecule has 0 spiro atoms. The third-order valence-electron chi connectivity index (χ3n) is 2.12. The van der Waals surface area contributed by atoms with Crippen LogP contribution in [0.2, 0.25) is 5.02 Å². The molecule has 0 aliphatic carbocycles. The zero-order valence-corrected chi connectivity index (χ0v) is 12.0. The normalized spacial score (nSPS) is 20.0. The van der Waals surface area contributed by atoms with Crippen LogP contribution in [0.15, 0.2) is 35.6 Å². The minimum Gasteiger partial charge on any atom is -0.239 e. The third kappa shape index (κ3) is 3.77. The summed E-state index contributed by atoms with van der Waals surface area (Å²) in [5, 5.41) is 5.85. The summed E-state index contributed by atoms with van der Waals surface area (Å²) in [6.45, 7) is 0. The molecule has 7 heteroatoms. The largest absolute Gasteiger partial charge is 0.239 e. The van der Waals surface area contributed by atoms with Crippen molar-refractivity contribution in [1.82, 2.24) is 5.17 Å². The smallest absolute Gasteiger partial charge is 0.224 e. The van der Waals surface area contributed by atoms with Gasteiger partial charge >= 0.3 is 0 Å². The topological polar surface area (TPSA) is 24.8 Å². The van der Waals surface area contributed by atoms with Crippen LogP contribution >= 0.6 is 46.4 Å². The highest BCUT2D eigenvalue weighted by molar-refractivity contribution is 6.68. The molecule has 0 saturated heterocycles. The standard InChI is InChI=1S/C11H8Cl4N2O/c12-9-3-1-8(2-4-9)5-6-17-16-7-10(18-17)11(13,14)15/h1-7,10H. The highest BCUT2D eigenvalue weighted by Crippen LogP contribution is 2.33. The van der Waals surface area contributed by atoms with E-state index in [1.54, 1.807) is 24.4 Å². The van der Waals surface area contributed by atoms with E-state index >= 15 is 0 Å². The van der Waals surface area contributed by atoms with Gasteiger partial charge in [-0.2, -0.15) is 5.10 Å². The van der Waals surface area contributed by atoms with Crippen molar-refractivity contribution in [3.8, 4) is 0 Å². The lowest BCUT2D eigenvalue weighted by atomic mass is 10.2. The zero-order valence-electron chi connectivity index (χ0n) is 8.93. The number of rotatable bonds is 2. The molecule has 1 aromatic carbocycles. The van der Waals surface area contributed by atoms with Crippen molar-refractivity contribution in [2.45, 2.75) is 9.90 Å². The van der Waals surface area contributed by atoms with Crippen molar-refractivity contribution in [2.24, 2.45) is 5.10 Å². The molecule has 0 saturated carbocycles. The number of alkyl halides is 3. The molecule has 18 heavy (non-hydrogen) atoms. The summed E-state index contributed by atoms with van der Waals surface area (Å²) in [6, 6.07) is 7.31. The van der Waals surface area contributed by atoms with Gasteiger partial charge < -0.3 is 0 Å². The van der Waals surface area contributed by atoms with Crippen LogP contribution in [0.1, 0.15) is 5.56 Å². The highest BCUT2D eigenvalue weighted by atomic mass is 35.6. The number of hydrazone groups is 1. The fourth-order valence-corrected chi connectivity index (χ4v) is 1.65. The first-order valence-corrected chi connectivity index (χ1v) is 6.47. The van der Waals surface area contributed by atoms with Crippen LogP contribution in [0.4, 0.5) is 0 Å². The van der Waals surface area contributed by atoms with Crippen LogP contribution in [0.25, 0.3) is 6.08 Å². The van der Waals surface area contributed by atoms with Gasteiger partial charge in [0.1, 0.15) is 0 Å². The summed E-state index contributed by atoms with van der Waals surface area (Å²) in [4.78, 5) is 5.27. The van der Waals surface area contributed by atoms with Gasteiger partial charge in [-0.05, 0) is 23.8 Å². The molecule has 1 aromatic rings. The summed E-state index contributed by atoms with van der Waals surface area (Å²) >= 11 is 22.8. The predicted molar refractivity (Wildman–Crippen MR) is 76.0 cm³/mol. The number of hydroxylamine groups is 1. The van der Waals surface area contributed by atoms with Crippen LogP contribution in [-0.2, 0) is 4.84 Å². The molecular formula is C11H8Cl4N2O. The minimum atomic E-state index is -1.54. The number of nitrogens with zero attached hydrogens (tertiary/aromatic N) is 2. The quantitative estimate of drug-likeness (QED) is 0.758. The maximum Gasteiger partial charge on any atom is 0.224 e. The van der Waals surface area contributed by atoms with Crippen molar-refractivity contribution >= 4 is 58.7 Å². The number of hydrogen-bond acceptors (Lipinski definition) is 3. The predicted octanol–water partition coefficient (Wildman–Crippen LogP) is 4.28. The molecule has 0 radical (unpaired) electrons. The van der Waals surface area contributed by atoms with E-state index in [1.807, 2.05) is 12.1 Å². The highest BCUT2D eigenvalue weighted by Gasteiger charge is 2.37. The lowest BCUT2D eigenvalue weighted by Crippen LogP contribution is -2.28. The van der Waals surface area contributed by atoms with E-state index in [-0.39, 0.29) is 0 Å². The zero-order chi connectivity index (χ0) is 13.2.